The number of esters is 1. The molecule has 100 valence electrons. The Morgan fingerprint density at radius 1 is 1.33 bits per heavy atom. The second kappa shape index (κ2) is 5.29. The summed E-state index contributed by atoms with van der Waals surface area (Å²) in [7, 11) is 1.59. The first-order chi connectivity index (χ1) is 8.23. The van der Waals surface area contributed by atoms with E-state index in [1.807, 2.05) is 27.7 Å². The minimum absolute atomic E-state index is 0.153. The Morgan fingerprint density at radius 2 is 1.94 bits per heavy atom. The maximum Gasteiger partial charge on any atom is 0.310 e. The predicted molar refractivity (Wildman–Crippen MR) is 71.7 cm³/mol. The fourth-order valence-electron chi connectivity index (χ4n) is 1.66. The van der Waals surface area contributed by atoms with Crippen LogP contribution in [0.25, 0.3) is 0 Å². The molecule has 4 heteroatoms. The highest BCUT2D eigenvalue weighted by atomic mass is 16.6. The van der Waals surface area contributed by atoms with Gasteiger partial charge in [-0.15, -0.1) is 0 Å². The Labute approximate surface area is 108 Å². The van der Waals surface area contributed by atoms with Gasteiger partial charge in [-0.2, -0.15) is 0 Å². The lowest BCUT2D eigenvalue weighted by Gasteiger charge is -2.20. The van der Waals surface area contributed by atoms with Crippen molar-refractivity contribution in [1.29, 1.82) is 0 Å². The summed E-state index contributed by atoms with van der Waals surface area (Å²) in [6.07, 6.45) is 0.153. The Hall–Kier alpha value is -1.71. The molecule has 0 bridgehead atoms. The average Bonchev–Trinajstić information content (AvgIpc) is 2.19. The molecule has 0 unspecified atom stereocenters. The van der Waals surface area contributed by atoms with Gasteiger partial charge in [-0.25, -0.2) is 0 Å². The van der Waals surface area contributed by atoms with Crippen molar-refractivity contribution < 1.29 is 14.3 Å². The monoisotopic (exact) mass is 251 g/mol. The van der Waals surface area contributed by atoms with E-state index in [2.05, 4.69) is 0 Å². The molecule has 1 aromatic carbocycles. The first-order valence-corrected chi connectivity index (χ1v) is 5.88. The number of ether oxygens (including phenoxy) is 2. The molecule has 0 heterocycles. The molecule has 1 rings (SSSR count). The highest BCUT2D eigenvalue weighted by molar-refractivity contribution is 5.76. The fourth-order valence-corrected chi connectivity index (χ4v) is 1.66. The molecule has 0 aliphatic carbocycles. The minimum Gasteiger partial charge on any atom is -0.496 e. The van der Waals surface area contributed by atoms with Gasteiger partial charge in [0.1, 0.15) is 11.4 Å². The van der Waals surface area contributed by atoms with Gasteiger partial charge < -0.3 is 15.2 Å². The summed E-state index contributed by atoms with van der Waals surface area (Å²) in [5, 5.41) is 0. The molecular weight excluding hydrogens is 230 g/mol. The summed E-state index contributed by atoms with van der Waals surface area (Å²) in [6.45, 7) is 7.42. The summed E-state index contributed by atoms with van der Waals surface area (Å²) in [5.74, 6) is 0.433. The van der Waals surface area contributed by atoms with Crippen LogP contribution in [0.4, 0.5) is 5.69 Å². The van der Waals surface area contributed by atoms with Crippen LogP contribution in [0.1, 0.15) is 31.9 Å². The third kappa shape index (κ3) is 3.95. The van der Waals surface area contributed by atoms with Crippen LogP contribution in [0, 0.1) is 6.92 Å². The molecule has 18 heavy (non-hydrogen) atoms. The zero-order chi connectivity index (χ0) is 13.9. The first-order valence-electron chi connectivity index (χ1n) is 5.88. The molecule has 0 radical (unpaired) electrons. The van der Waals surface area contributed by atoms with Crippen molar-refractivity contribution in [3.05, 3.63) is 23.3 Å². The minimum atomic E-state index is -0.485. The van der Waals surface area contributed by atoms with Gasteiger partial charge in [0, 0.05) is 5.69 Å². The van der Waals surface area contributed by atoms with Gasteiger partial charge in [-0.1, -0.05) is 0 Å². The zero-order valence-electron chi connectivity index (χ0n) is 11.7. The average molecular weight is 251 g/mol. The Balaban J connectivity index is 2.88. The molecule has 4 nitrogen and oxygen atoms in total. The first kappa shape index (κ1) is 14.4. The van der Waals surface area contributed by atoms with E-state index in [1.54, 1.807) is 19.2 Å². The molecule has 0 aromatic heterocycles. The number of anilines is 1. The number of nitrogens with two attached hydrogens (primary N) is 1. The molecular formula is C14H21NO3. The van der Waals surface area contributed by atoms with Crippen LogP contribution in [0.2, 0.25) is 0 Å². The summed E-state index contributed by atoms with van der Waals surface area (Å²) in [4.78, 5) is 11.7. The van der Waals surface area contributed by atoms with E-state index in [0.717, 1.165) is 16.9 Å². The molecule has 0 atom stereocenters. The molecule has 2 N–H and O–H groups in total. The number of methoxy groups -OCH3 is 1. The highest BCUT2D eigenvalue weighted by Gasteiger charge is 2.18. The molecule has 0 fully saturated rings. The Kier molecular flexibility index (Phi) is 4.22. The predicted octanol–water partition coefficient (Wildman–Crippen LogP) is 2.47. The third-order valence-corrected chi connectivity index (χ3v) is 2.41. The Morgan fingerprint density at radius 3 is 2.44 bits per heavy atom. The van der Waals surface area contributed by atoms with Gasteiger partial charge in [-0.3, -0.25) is 4.79 Å². The van der Waals surface area contributed by atoms with Crippen molar-refractivity contribution in [3.63, 3.8) is 0 Å². The molecule has 0 saturated carbocycles. The van der Waals surface area contributed by atoms with Crippen molar-refractivity contribution in [2.24, 2.45) is 0 Å². The summed E-state index contributed by atoms with van der Waals surface area (Å²) in [5.41, 5.74) is 7.67. The van der Waals surface area contributed by atoms with E-state index < -0.39 is 5.60 Å². The van der Waals surface area contributed by atoms with E-state index in [1.165, 1.54) is 0 Å². The van der Waals surface area contributed by atoms with Crippen LogP contribution in [0.15, 0.2) is 12.1 Å². The Bertz CT molecular complexity index is 447. The van der Waals surface area contributed by atoms with Crippen LogP contribution < -0.4 is 10.5 Å². The number of benzene rings is 1. The third-order valence-electron chi connectivity index (χ3n) is 2.41. The van der Waals surface area contributed by atoms with Crippen molar-refractivity contribution >= 4 is 11.7 Å². The van der Waals surface area contributed by atoms with Crippen molar-refractivity contribution in [2.45, 2.75) is 39.7 Å². The maximum atomic E-state index is 11.7. The van der Waals surface area contributed by atoms with Crippen molar-refractivity contribution in [2.75, 3.05) is 12.8 Å². The molecule has 0 spiro atoms. The van der Waals surface area contributed by atoms with Crippen molar-refractivity contribution in [3.8, 4) is 5.75 Å². The van der Waals surface area contributed by atoms with Crippen LogP contribution in [-0.4, -0.2) is 18.7 Å². The highest BCUT2D eigenvalue weighted by Crippen LogP contribution is 2.25. The number of nitrogen functional groups attached to an aromatic ring is 1. The van der Waals surface area contributed by atoms with Crippen molar-refractivity contribution in [1.82, 2.24) is 0 Å². The second-order valence-electron chi connectivity index (χ2n) is 5.28. The van der Waals surface area contributed by atoms with Gasteiger partial charge in [0.15, 0.2) is 0 Å². The lowest BCUT2D eigenvalue weighted by molar-refractivity contribution is -0.153. The van der Waals surface area contributed by atoms with Crippen LogP contribution >= 0.6 is 0 Å². The number of aryl methyl sites for hydroxylation is 1. The number of carbonyl (C=O) groups excluding carboxylic acids is 1. The van der Waals surface area contributed by atoms with Gasteiger partial charge in [0.2, 0.25) is 0 Å². The molecule has 0 saturated heterocycles. The van der Waals surface area contributed by atoms with E-state index >= 15 is 0 Å². The number of hydrogen-bond donors (Lipinski definition) is 1. The fraction of sp³-hybridized carbons (Fsp3) is 0.500. The van der Waals surface area contributed by atoms with E-state index in [-0.39, 0.29) is 12.4 Å². The zero-order valence-corrected chi connectivity index (χ0v) is 11.7. The SMILES string of the molecule is COc1cc(CC(=O)OC(C)(C)C)c(N)cc1C. The summed E-state index contributed by atoms with van der Waals surface area (Å²) in [6, 6.07) is 3.59. The molecule has 0 aliphatic heterocycles. The topological polar surface area (TPSA) is 61.5 Å². The second-order valence-corrected chi connectivity index (χ2v) is 5.28. The largest absolute Gasteiger partial charge is 0.496 e. The lowest BCUT2D eigenvalue weighted by Crippen LogP contribution is -2.25. The van der Waals surface area contributed by atoms with E-state index in [0.29, 0.717) is 5.69 Å². The van der Waals surface area contributed by atoms with E-state index in [4.69, 9.17) is 15.2 Å². The molecule has 0 aliphatic rings. The van der Waals surface area contributed by atoms with E-state index in [9.17, 15) is 4.79 Å². The van der Waals surface area contributed by atoms with Crippen LogP contribution in [0.5, 0.6) is 5.75 Å². The smallest absolute Gasteiger partial charge is 0.310 e. The van der Waals surface area contributed by atoms with Gasteiger partial charge in [0.05, 0.1) is 13.5 Å². The normalized spacial score (nSPS) is 11.2. The lowest BCUT2D eigenvalue weighted by atomic mass is 10.1. The number of hydrogen-bond acceptors (Lipinski definition) is 4. The van der Waals surface area contributed by atoms with Crippen LogP contribution in [0.3, 0.4) is 0 Å². The van der Waals surface area contributed by atoms with Gasteiger partial charge >= 0.3 is 5.97 Å². The summed E-state index contributed by atoms with van der Waals surface area (Å²) < 4.78 is 10.5. The van der Waals surface area contributed by atoms with Gasteiger partial charge in [0.25, 0.3) is 0 Å². The van der Waals surface area contributed by atoms with Crippen LogP contribution in [-0.2, 0) is 16.0 Å². The molecule has 1 aromatic rings. The summed E-state index contributed by atoms with van der Waals surface area (Å²) >= 11 is 0. The van der Waals surface area contributed by atoms with Gasteiger partial charge in [-0.05, 0) is 51.0 Å². The quantitative estimate of drug-likeness (QED) is 0.662. The maximum absolute atomic E-state index is 11.7. The number of rotatable bonds is 3. The molecule has 0 amide bonds. The number of carbonyl (C=O) groups is 1. The standard InChI is InChI=1S/C14H21NO3/c1-9-6-11(15)10(7-12(9)17-5)8-13(16)18-14(2,3)4/h6-7H,8,15H2,1-5H3.